The molecule has 0 saturated heterocycles. The summed E-state index contributed by atoms with van der Waals surface area (Å²) in [5, 5.41) is 17.5. The Labute approximate surface area is 77.4 Å². The average Bonchev–Trinajstić information content (AvgIpc) is 2.10. The van der Waals surface area contributed by atoms with Gasteiger partial charge in [-0.1, -0.05) is 0 Å². The van der Waals surface area contributed by atoms with Gasteiger partial charge in [0.15, 0.2) is 0 Å². The van der Waals surface area contributed by atoms with Crippen LogP contribution in [0.4, 0.5) is 8.78 Å². The van der Waals surface area contributed by atoms with E-state index in [1.807, 2.05) is 0 Å². The Morgan fingerprint density at radius 1 is 1.64 bits per heavy atom. The molecule has 2 N–H and O–H groups in total. The molecule has 1 rings (SSSR count). The van der Waals surface area contributed by atoms with Crippen LogP contribution in [-0.2, 0) is 6.42 Å². The fourth-order valence-electron chi connectivity index (χ4n) is 1.00. The monoisotopic (exact) mass is 200 g/mol. The Hall–Kier alpha value is -1.90. The second kappa shape index (κ2) is 3.87. The maximum absolute atomic E-state index is 12.2. The lowest BCUT2D eigenvalue weighted by atomic mass is 10.2. The van der Waals surface area contributed by atoms with Gasteiger partial charge in [0, 0.05) is 6.07 Å². The molecule has 0 unspecified atom stereocenters. The van der Waals surface area contributed by atoms with Crippen molar-refractivity contribution in [2.75, 3.05) is 0 Å². The summed E-state index contributed by atoms with van der Waals surface area (Å²) in [7, 11) is 0. The first kappa shape index (κ1) is 10.2. The van der Waals surface area contributed by atoms with Crippen LogP contribution < -0.4 is 5.56 Å². The number of aromatic amines is 1. The zero-order valence-electron chi connectivity index (χ0n) is 6.92. The zero-order valence-corrected chi connectivity index (χ0v) is 6.92. The summed E-state index contributed by atoms with van der Waals surface area (Å²) in [6, 6.07) is 2.26. The van der Waals surface area contributed by atoms with Crippen LogP contribution in [0.15, 0.2) is 10.9 Å². The number of aromatic hydroxyl groups is 1. The van der Waals surface area contributed by atoms with Crippen LogP contribution in [-0.4, -0.2) is 10.1 Å². The van der Waals surface area contributed by atoms with Gasteiger partial charge in [-0.25, -0.2) is 8.78 Å². The maximum atomic E-state index is 12.2. The van der Waals surface area contributed by atoms with E-state index in [0.29, 0.717) is 6.07 Å². The lowest BCUT2D eigenvalue weighted by Crippen LogP contribution is -2.10. The number of hydrogen-bond donors (Lipinski definition) is 2. The van der Waals surface area contributed by atoms with Crippen molar-refractivity contribution < 1.29 is 13.9 Å². The fraction of sp³-hybridized carbons (Fsp3) is 0.250. The largest absolute Gasteiger partial charge is 0.506 e. The minimum absolute atomic E-state index is 0.185. The molecular weight excluding hydrogens is 194 g/mol. The van der Waals surface area contributed by atoms with Crippen molar-refractivity contribution in [3.8, 4) is 11.8 Å². The Bertz CT molecular complexity index is 434. The number of nitrogens with one attached hydrogen (secondary N) is 1. The van der Waals surface area contributed by atoms with Crippen molar-refractivity contribution in [3.63, 3.8) is 0 Å². The molecule has 0 amide bonds. The molecule has 0 aliphatic rings. The van der Waals surface area contributed by atoms with Crippen LogP contribution in [0, 0.1) is 11.3 Å². The van der Waals surface area contributed by atoms with E-state index in [9.17, 15) is 18.7 Å². The summed E-state index contributed by atoms with van der Waals surface area (Å²) in [5.41, 5.74) is -1.70. The normalized spacial score (nSPS) is 10.1. The highest BCUT2D eigenvalue weighted by Gasteiger charge is 2.17. The van der Waals surface area contributed by atoms with Gasteiger partial charge in [0.25, 0.3) is 6.43 Å². The third kappa shape index (κ3) is 1.88. The molecule has 14 heavy (non-hydrogen) atoms. The van der Waals surface area contributed by atoms with E-state index < -0.39 is 23.3 Å². The van der Waals surface area contributed by atoms with E-state index in [1.165, 1.54) is 0 Å². The number of rotatable bonds is 2. The number of nitrogens with zero attached hydrogens (tertiary/aromatic N) is 1. The van der Waals surface area contributed by atoms with Gasteiger partial charge in [0.1, 0.15) is 5.75 Å². The van der Waals surface area contributed by atoms with Gasteiger partial charge in [-0.15, -0.1) is 0 Å². The van der Waals surface area contributed by atoms with E-state index in [4.69, 9.17) is 5.26 Å². The highest BCUT2D eigenvalue weighted by atomic mass is 19.3. The second-order valence-electron chi connectivity index (χ2n) is 2.55. The fourth-order valence-corrected chi connectivity index (χ4v) is 1.00. The molecule has 0 bridgehead atoms. The molecule has 4 nitrogen and oxygen atoms in total. The van der Waals surface area contributed by atoms with E-state index in [-0.39, 0.29) is 12.1 Å². The number of alkyl halides is 2. The third-order valence-electron chi connectivity index (χ3n) is 1.61. The second-order valence-corrected chi connectivity index (χ2v) is 2.55. The van der Waals surface area contributed by atoms with Crippen molar-refractivity contribution in [2.45, 2.75) is 12.8 Å². The summed E-state index contributed by atoms with van der Waals surface area (Å²) in [6.45, 7) is 0. The molecule has 0 saturated carbocycles. The van der Waals surface area contributed by atoms with Gasteiger partial charge in [-0.2, -0.15) is 5.26 Å². The van der Waals surface area contributed by atoms with Gasteiger partial charge in [-0.05, 0) is 0 Å². The standard InChI is InChI=1S/C8H6F2N2O2/c9-8(10)4-3-6(13)12-5(1-2-11)7(4)14/h3,8,14H,1H2,(H,12,13). The highest BCUT2D eigenvalue weighted by Crippen LogP contribution is 2.28. The lowest BCUT2D eigenvalue weighted by molar-refractivity contribution is 0.147. The highest BCUT2D eigenvalue weighted by molar-refractivity contribution is 5.37. The van der Waals surface area contributed by atoms with E-state index in [0.717, 1.165) is 0 Å². The minimum atomic E-state index is -2.94. The van der Waals surface area contributed by atoms with Crippen molar-refractivity contribution in [3.05, 3.63) is 27.7 Å². The van der Waals surface area contributed by atoms with E-state index in [2.05, 4.69) is 4.98 Å². The molecule has 0 radical (unpaired) electrons. The average molecular weight is 200 g/mol. The van der Waals surface area contributed by atoms with Crippen molar-refractivity contribution in [2.24, 2.45) is 0 Å². The molecule has 0 atom stereocenters. The number of H-pyrrole nitrogens is 1. The molecule has 74 valence electrons. The maximum Gasteiger partial charge on any atom is 0.267 e. The molecule has 0 aliphatic carbocycles. The topological polar surface area (TPSA) is 76.9 Å². The quantitative estimate of drug-likeness (QED) is 0.749. The van der Waals surface area contributed by atoms with E-state index in [1.54, 1.807) is 6.07 Å². The van der Waals surface area contributed by atoms with Crippen LogP contribution in [0.5, 0.6) is 5.75 Å². The first-order chi connectivity index (χ1) is 6.56. The first-order valence-electron chi connectivity index (χ1n) is 3.66. The van der Waals surface area contributed by atoms with Crippen LogP contribution in [0.3, 0.4) is 0 Å². The van der Waals surface area contributed by atoms with Gasteiger partial charge in [0.05, 0.1) is 23.7 Å². The van der Waals surface area contributed by atoms with Gasteiger partial charge in [0.2, 0.25) is 5.56 Å². The minimum Gasteiger partial charge on any atom is -0.506 e. The summed E-state index contributed by atoms with van der Waals surface area (Å²) in [5.74, 6) is -0.721. The molecule has 1 heterocycles. The summed E-state index contributed by atoms with van der Waals surface area (Å²) in [4.78, 5) is 12.9. The number of halogens is 2. The number of aromatic nitrogens is 1. The summed E-state index contributed by atoms with van der Waals surface area (Å²) in [6.07, 6.45) is -3.25. The third-order valence-corrected chi connectivity index (χ3v) is 1.61. The lowest BCUT2D eigenvalue weighted by Gasteiger charge is -2.05. The molecule has 1 aromatic heterocycles. The van der Waals surface area contributed by atoms with Crippen LogP contribution >= 0.6 is 0 Å². The first-order valence-corrected chi connectivity index (χ1v) is 3.66. The molecule has 0 aliphatic heterocycles. The van der Waals surface area contributed by atoms with Gasteiger partial charge in [-0.3, -0.25) is 4.79 Å². The van der Waals surface area contributed by atoms with Crippen LogP contribution in [0.25, 0.3) is 0 Å². The Morgan fingerprint density at radius 2 is 2.29 bits per heavy atom. The van der Waals surface area contributed by atoms with Crippen molar-refractivity contribution >= 4 is 0 Å². The predicted octanol–water partition coefficient (Wildman–Crippen LogP) is 1.08. The van der Waals surface area contributed by atoms with E-state index >= 15 is 0 Å². The summed E-state index contributed by atoms with van der Waals surface area (Å²) < 4.78 is 24.5. The molecule has 0 spiro atoms. The van der Waals surface area contributed by atoms with Gasteiger partial charge < -0.3 is 10.1 Å². The Kier molecular flexibility index (Phi) is 2.82. The molecule has 0 fully saturated rings. The molecule has 1 aromatic rings. The number of hydrogen-bond acceptors (Lipinski definition) is 3. The van der Waals surface area contributed by atoms with Crippen LogP contribution in [0.1, 0.15) is 17.7 Å². The summed E-state index contributed by atoms with van der Waals surface area (Å²) >= 11 is 0. The van der Waals surface area contributed by atoms with Gasteiger partial charge >= 0.3 is 0 Å². The number of nitriles is 1. The number of pyridine rings is 1. The zero-order chi connectivity index (χ0) is 10.7. The predicted molar refractivity (Wildman–Crippen MR) is 43.0 cm³/mol. The van der Waals surface area contributed by atoms with Crippen molar-refractivity contribution in [1.82, 2.24) is 4.98 Å². The molecule has 0 aromatic carbocycles. The van der Waals surface area contributed by atoms with Crippen molar-refractivity contribution in [1.29, 1.82) is 5.26 Å². The molecular formula is C8H6F2N2O2. The van der Waals surface area contributed by atoms with Crippen LogP contribution in [0.2, 0.25) is 0 Å². The smallest absolute Gasteiger partial charge is 0.267 e. The molecule has 6 heteroatoms. The Balaban J connectivity index is 3.34. The Morgan fingerprint density at radius 3 is 2.79 bits per heavy atom. The SMILES string of the molecule is N#CCc1[nH]c(=O)cc(C(F)F)c1O.